The Morgan fingerprint density at radius 2 is 2.31 bits per heavy atom. The first kappa shape index (κ1) is 12.2. The van der Waals surface area contributed by atoms with E-state index in [1.165, 1.54) is 17.9 Å². The maximum atomic E-state index is 11.3. The number of sulfone groups is 1. The number of aromatic nitrogens is 2. The zero-order valence-electron chi connectivity index (χ0n) is 8.76. The van der Waals surface area contributed by atoms with Crippen molar-refractivity contribution in [2.45, 2.75) is 0 Å². The summed E-state index contributed by atoms with van der Waals surface area (Å²) < 4.78 is 23.0. The molecule has 1 N–H and O–H groups in total. The molecule has 0 saturated carbocycles. The molecule has 16 heavy (non-hydrogen) atoms. The summed E-state index contributed by atoms with van der Waals surface area (Å²) in [6, 6.07) is 1.84. The van der Waals surface area contributed by atoms with Gasteiger partial charge < -0.3 is 5.32 Å². The van der Waals surface area contributed by atoms with E-state index >= 15 is 0 Å². The van der Waals surface area contributed by atoms with Gasteiger partial charge in [-0.05, 0) is 0 Å². The molecule has 0 unspecified atom stereocenters. The van der Waals surface area contributed by atoms with E-state index in [1.807, 2.05) is 6.07 Å². The highest BCUT2D eigenvalue weighted by atomic mass is 32.2. The van der Waals surface area contributed by atoms with Crippen LogP contribution in [0.15, 0.2) is 6.20 Å². The molecule has 86 valence electrons. The summed E-state index contributed by atoms with van der Waals surface area (Å²) in [6.07, 6.45) is 2.25. The Hall–Kier alpha value is -1.88. The maximum absolute atomic E-state index is 11.3. The molecule has 0 aromatic carbocycles. The van der Waals surface area contributed by atoms with Gasteiger partial charge in [-0.1, -0.05) is 0 Å². The van der Waals surface area contributed by atoms with E-state index in [-0.39, 0.29) is 11.4 Å². The highest BCUT2D eigenvalue weighted by Gasteiger charge is 2.15. The second kappa shape index (κ2) is 4.32. The van der Waals surface area contributed by atoms with E-state index in [2.05, 4.69) is 10.4 Å². The summed E-state index contributed by atoms with van der Waals surface area (Å²) in [6.45, 7) is 0. The number of rotatable bonds is 3. The molecular formula is C8H10N4O3S. The van der Waals surface area contributed by atoms with Crippen molar-refractivity contribution in [3.05, 3.63) is 11.8 Å². The smallest absolute Gasteiger partial charge is 0.240 e. The lowest BCUT2D eigenvalue weighted by Gasteiger charge is -2.04. The summed E-state index contributed by atoms with van der Waals surface area (Å²) in [5.74, 6) is -1.12. The fourth-order valence-electron chi connectivity index (χ4n) is 1.07. The number of nitrogens with one attached hydrogen (secondary N) is 1. The maximum Gasteiger partial charge on any atom is 0.240 e. The van der Waals surface area contributed by atoms with Crippen LogP contribution in [0, 0.1) is 11.3 Å². The molecule has 0 aliphatic heterocycles. The molecule has 0 bridgehead atoms. The van der Waals surface area contributed by atoms with Gasteiger partial charge in [-0.25, -0.2) is 8.42 Å². The molecule has 0 aliphatic carbocycles. The lowest BCUT2D eigenvalue weighted by atomic mass is 10.3. The van der Waals surface area contributed by atoms with Crippen LogP contribution >= 0.6 is 0 Å². The quantitative estimate of drug-likeness (QED) is 0.752. The van der Waals surface area contributed by atoms with Crippen molar-refractivity contribution in [3.63, 3.8) is 0 Å². The summed E-state index contributed by atoms with van der Waals surface area (Å²) in [7, 11) is -1.84. The van der Waals surface area contributed by atoms with Crippen LogP contribution in [0.2, 0.25) is 0 Å². The minimum absolute atomic E-state index is 0.185. The number of anilines is 1. The third-order valence-corrected chi connectivity index (χ3v) is 2.50. The molecule has 1 aromatic rings. The summed E-state index contributed by atoms with van der Waals surface area (Å²) in [4.78, 5) is 11.3. The summed E-state index contributed by atoms with van der Waals surface area (Å²) in [5, 5.41) is 14.8. The second-order valence-electron chi connectivity index (χ2n) is 3.26. The number of carbonyl (C=O) groups excluding carboxylic acids is 1. The van der Waals surface area contributed by atoms with Gasteiger partial charge in [-0.2, -0.15) is 10.4 Å². The van der Waals surface area contributed by atoms with Crippen molar-refractivity contribution in [1.82, 2.24) is 9.78 Å². The van der Waals surface area contributed by atoms with Gasteiger partial charge in [0.1, 0.15) is 23.2 Å². The Bertz CT molecular complexity index is 552. The topological polar surface area (TPSA) is 105 Å². The number of amides is 1. The first-order valence-corrected chi connectivity index (χ1v) is 6.29. The SMILES string of the molecule is Cn1ncc(C#N)c1NC(=O)CS(C)(=O)=O. The van der Waals surface area contributed by atoms with E-state index in [1.54, 1.807) is 0 Å². The van der Waals surface area contributed by atoms with E-state index in [4.69, 9.17) is 5.26 Å². The minimum Gasteiger partial charge on any atom is -0.309 e. The van der Waals surface area contributed by atoms with Crippen LogP contribution in [0.1, 0.15) is 5.56 Å². The van der Waals surface area contributed by atoms with Crippen molar-refractivity contribution in [1.29, 1.82) is 5.26 Å². The first-order chi connectivity index (χ1) is 7.33. The molecule has 0 fully saturated rings. The third-order valence-electron chi connectivity index (χ3n) is 1.71. The first-order valence-electron chi connectivity index (χ1n) is 4.23. The van der Waals surface area contributed by atoms with Crippen LogP contribution in [-0.2, 0) is 21.7 Å². The number of aryl methyl sites for hydroxylation is 1. The molecular weight excluding hydrogens is 232 g/mol. The third kappa shape index (κ3) is 3.06. The zero-order valence-corrected chi connectivity index (χ0v) is 9.58. The highest BCUT2D eigenvalue weighted by Crippen LogP contribution is 2.12. The molecule has 0 atom stereocenters. The van der Waals surface area contributed by atoms with Crippen molar-refractivity contribution >= 4 is 21.6 Å². The average molecular weight is 242 g/mol. The molecule has 1 aromatic heterocycles. The lowest BCUT2D eigenvalue weighted by molar-refractivity contribution is -0.113. The average Bonchev–Trinajstić information content (AvgIpc) is 2.44. The largest absolute Gasteiger partial charge is 0.309 e. The van der Waals surface area contributed by atoms with Gasteiger partial charge in [0.2, 0.25) is 5.91 Å². The molecule has 0 spiro atoms. The minimum atomic E-state index is -3.38. The lowest BCUT2D eigenvalue weighted by Crippen LogP contribution is -2.23. The molecule has 7 nitrogen and oxygen atoms in total. The Labute approximate surface area is 92.6 Å². The van der Waals surface area contributed by atoms with Crippen molar-refractivity contribution in [3.8, 4) is 6.07 Å². The Kier molecular flexibility index (Phi) is 3.29. The van der Waals surface area contributed by atoms with Gasteiger partial charge in [0, 0.05) is 13.3 Å². The molecule has 0 aliphatic rings. The zero-order chi connectivity index (χ0) is 12.3. The van der Waals surface area contributed by atoms with Gasteiger partial charge in [-0.3, -0.25) is 9.48 Å². The van der Waals surface area contributed by atoms with Gasteiger partial charge in [0.05, 0.1) is 6.20 Å². The monoisotopic (exact) mass is 242 g/mol. The Balaban J connectivity index is 2.86. The Morgan fingerprint density at radius 3 is 2.81 bits per heavy atom. The van der Waals surface area contributed by atoms with Crippen LogP contribution in [-0.4, -0.2) is 36.1 Å². The highest BCUT2D eigenvalue weighted by molar-refractivity contribution is 7.91. The molecule has 8 heteroatoms. The predicted octanol–water partition coefficient (Wildman–Crippen LogP) is -0.725. The standard InChI is InChI=1S/C8H10N4O3S/c1-12-8(6(3-9)4-10-12)11-7(13)5-16(2,14)15/h4H,5H2,1-2H3,(H,11,13). The number of carbonyl (C=O) groups is 1. The van der Waals surface area contributed by atoms with Crippen LogP contribution in [0.5, 0.6) is 0 Å². The number of nitriles is 1. The number of hydrogen-bond donors (Lipinski definition) is 1. The van der Waals surface area contributed by atoms with Gasteiger partial charge in [0.15, 0.2) is 9.84 Å². The van der Waals surface area contributed by atoms with Crippen LogP contribution in [0.4, 0.5) is 5.82 Å². The van der Waals surface area contributed by atoms with Gasteiger partial charge in [0.25, 0.3) is 0 Å². The van der Waals surface area contributed by atoms with Gasteiger partial charge >= 0.3 is 0 Å². The number of nitrogens with zero attached hydrogens (tertiary/aromatic N) is 3. The predicted molar refractivity (Wildman–Crippen MR) is 56.3 cm³/mol. The Morgan fingerprint density at radius 1 is 1.69 bits per heavy atom. The second-order valence-corrected chi connectivity index (χ2v) is 5.40. The molecule has 1 rings (SSSR count). The number of hydrogen-bond acceptors (Lipinski definition) is 5. The van der Waals surface area contributed by atoms with E-state index in [0.29, 0.717) is 0 Å². The van der Waals surface area contributed by atoms with E-state index < -0.39 is 21.5 Å². The van der Waals surface area contributed by atoms with E-state index in [9.17, 15) is 13.2 Å². The summed E-state index contributed by atoms with van der Waals surface area (Å²) in [5.41, 5.74) is 0.185. The van der Waals surface area contributed by atoms with Crippen molar-refractivity contribution in [2.75, 3.05) is 17.3 Å². The normalized spacial score (nSPS) is 10.8. The summed E-state index contributed by atoms with van der Waals surface area (Å²) >= 11 is 0. The van der Waals surface area contributed by atoms with Crippen LogP contribution < -0.4 is 5.32 Å². The van der Waals surface area contributed by atoms with Crippen molar-refractivity contribution in [2.24, 2.45) is 7.05 Å². The van der Waals surface area contributed by atoms with Gasteiger partial charge in [-0.15, -0.1) is 0 Å². The fourth-order valence-corrected chi connectivity index (χ4v) is 1.62. The van der Waals surface area contributed by atoms with E-state index in [0.717, 1.165) is 6.26 Å². The molecule has 0 radical (unpaired) electrons. The fraction of sp³-hybridized carbons (Fsp3) is 0.375. The van der Waals surface area contributed by atoms with Crippen LogP contribution in [0.3, 0.4) is 0 Å². The van der Waals surface area contributed by atoms with Crippen LogP contribution in [0.25, 0.3) is 0 Å². The van der Waals surface area contributed by atoms with Crippen molar-refractivity contribution < 1.29 is 13.2 Å². The molecule has 1 amide bonds. The molecule has 0 saturated heterocycles. The molecule has 1 heterocycles.